The van der Waals surface area contributed by atoms with E-state index in [9.17, 15) is 4.79 Å². The molecule has 0 spiro atoms. The van der Waals surface area contributed by atoms with Crippen molar-refractivity contribution in [2.75, 3.05) is 33.7 Å². The number of carbonyl (C=O) groups is 1. The zero-order chi connectivity index (χ0) is 13.2. The zero-order valence-electron chi connectivity index (χ0n) is 12.0. The molecular weight excluding hydrogens is 226 g/mol. The molecule has 1 saturated carbocycles. The average Bonchev–Trinajstić information content (AvgIpc) is 2.92. The van der Waals surface area contributed by atoms with Crippen molar-refractivity contribution in [2.45, 2.75) is 50.6 Å². The van der Waals surface area contributed by atoms with Gasteiger partial charge in [0.25, 0.3) is 0 Å². The van der Waals surface area contributed by atoms with E-state index in [0.29, 0.717) is 5.91 Å². The van der Waals surface area contributed by atoms with Crippen LogP contribution in [0.3, 0.4) is 0 Å². The van der Waals surface area contributed by atoms with E-state index in [1.165, 1.54) is 25.7 Å². The summed E-state index contributed by atoms with van der Waals surface area (Å²) >= 11 is 0. The molecule has 18 heavy (non-hydrogen) atoms. The van der Waals surface area contributed by atoms with Gasteiger partial charge in [0.15, 0.2) is 0 Å². The molecule has 2 rings (SSSR count). The van der Waals surface area contributed by atoms with Crippen LogP contribution in [0.25, 0.3) is 0 Å². The monoisotopic (exact) mass is 253 g/mol. The van der Waals surface area contributed by atoms with Crippen LogP contribution >= 0.6 is 0 Å². The molecule has 1 amide bonds. The van der Waals surface area contributed by atoms with Crippen LogP contribution < -0.4 is 5.32 Å². The molecule has 2 aliphatic rings. The maximum atomic E-state index is 12.3. The molecule has 1 heterocycles. The highest BCUT2D eigenvalue weighted by atomic mass is 16.2. The van der Waals surface area contributed by atoms with Crippen molar-refractivity contribution >= 4 is 5.91 Å². The summed E-state index contributed by atoms with van der Waals surface area (Å²) in [4.78, 5) is 16.7. The lowest BCUT2D eigenvalue weighted by molar-refractivity contribution is -0.131. The van der Waals surface area contributed by atoms with Gasteiger partial charge in [-0.3, -0.25) is 4.79 Å². The third-order valence-corrected chi connectivity index (χ3v) is 4.72. The predicted octanol–water partition coefficient (Wildman–Crippen LogP) is 1.07. The van der Waals surface area contributed by atoms with Gasteiger partial charge >= 0.3 is 0 Å². The first-order valence-corrected chi connectivity index (χ1v) is 7.29. The molecule has 1 aliphatic carbocycles. The Labute approximate surface area is 111 Å². The summed E-state index contributed by atoms with van der Waals surface area (Å²) < 4.78 is 0. The topological polar surface area (TPSA) is 35.6 Å². The number of amides is 1. The molecule has 0 radical (unpaired) electrons. The summed E-state index contributed by atoms with van der Waals surface area (Å²) in [6, 6.07) is 0.0654. The molecule has 2 fully saturated rings. The number of hydrogen-bond donors (Lipinski definition) is 1. The van der Waals surface area contributed by atoms with Crippen LogP contribution in [0.4, 0.5) is 0 Å². The van der Waals surface area contributed by atoms with E-state index in [1.807, 2.05) is 0 Å². The van der Waals surface area contributed by atoms with Crippen LogP contribution in [0.1, 0.15) is 39.0 Å². The summed E-state index contributed by atoms with van der Waals surface area (Å²) in [6.07, 6.45) is 6.04. The van der Waals surface area contributed by atoms with E-state index in [0.717, 1.165) is 26.1 Å². The van der Waals surface area contributed by atoms with E-state index in [4.69, 9.17) is 0 Å². The van der Waals surface area contributed by atoms with Crippen molar-refractivity contribution in [3.8, 4) is 0 Å². The smallest absolute Gasteiger partial charge is 0.239 e. The first kappa shape index (κ1) is 13.8. The van der Waals surface area contributed by atoms with Crippen molar-refractivity contribution < 1.29 is 4.79 Å². The average molecular weight is 253 g/mol. The van der Waals surface area contributed by atoms with Gasteiger partial charge in [0.1, 0.15) is 0 Å². The summed E-state index contributed by atoms with van der Waals surface area (Å²) in [7, 11) is 4.32. The third kappa shape index (κ3) is 2.54. The second-order valence-corrected chi connectivity index (χ2v) is 5.98. The molecule has 104 valence electrons. The number of likely N-dealkylation sites (tertiary alicyclic amines) is 1. The molecule has 1 N–H and O–H groups in total. The fourth-order valence-corrected chi connectivity index (χ4v) is 3.47. The Balaban J connectivity index is 1.99. The summed E-state index contributed by atoms with van der Waals surface area (Å²) in [6.45, 7) is 4.78. The standard InChI is InChI=1S/C14H27N3O/c1-4-15-12-7-10-17(13(12)18)11-14(16(2)3)8-5-6-9-14/h12,15H,4-11H2,1-3H3. The second kappa shape index (κ2) is 5.57. The molecule has 4 heteroatoms. The SMILES string of the molecule is CCNC1CCN(CC2(N(C)C)CCCC2)C1=O. The molecule has 0 aromatic rings. The van der Waals surface area contributed by atoms with Crippen LogP contribution in [0, 0.1) is 0 Å². The Hall–Kier alpha value is -0.610. The lowest BCUT2D eigenvalue weighted by Crippen LogP contribution is -2.52. The zero-order valence-corrected chi connectivity index (χ0v) is 12.0. The van der Waals surface area contributed by atoms with Crippen LogP contribution in [-0.2, 0) is 4.79 Å². The van der Waals surface area contributed by atoms with Gasteiger partial charge in [0, 0.05) is 18.6 Å². The van der Waals surface area contributed by atoms with Gasteiger partial charge in [-0.2, -0.15) is 0 Å². The number of likely N-dealkylation sites (N-methyl/N-ethyl adjacent to an activating group) is 2. The highest BCUT2D eigenvalue weighted by Gasteiger charge is 2.41. The van der Waals surface area contributed by atoms with Crippen LogP contribution in [0.5, 0.6) is 0 Å². The molecule has 1 aliphatic heterocycles. The highest BCUT2D eigenvalue weighted by Crippen LogP contribution is 2.35. The van der Waals surface area contributed by atoms with Crippen molar-refractivity contribution in [3.05, 3.63) is 0 Å². The van der Waals surface area contributed by atoms with E-state index >= 15 is 0 Å². The maximum Gasteiger partial charge on any atom is 0.239 e. The third-order valence-electron chi connectivity index (χ3n) is 4.72. The van der Waals surface area contributed by atoms with E-state index in [-0.39, 0.29) is 11.6 Å². The summed E-state index contributed by atoms with van der Waals surface area (Å²) in [5.41, 5.74) is 0.233. The van der Waals surface area contributed by atoms with Crippen molar-refractivity contribution in [1.82, 2.24) is 15.1 Å². The first-order chi connectivity index (χ1) is 8.59. The first-order valence-electron chi connectivity index (χ1n) is 7.29. The van der Waals surface area contributed by atoms with E-state index in [2.05, 4.69) is 36.1 Å². The predicted molar refractivity (Wildman–Crippen MR) is 73.5 cm³/mol. The largest absolute Gasteiger partial charge is 0.339 e. The molecule has 1 atom stereocenters. The summed E-state index contributed by atoms with van der Waals surface area (Å²) in [5, 5.41) is 3.29. The van der Waals surface area contributed by atoms with Gasteiger partial charge in [-0.15, -0.1) is 0 Å². The molecule has 0 aromatic heterocycles. The number of nitrogens with zero attached hydrogens (tertiary/aromatic N) is 2. The quantitative estimate of drug-likeness (QED) is 0.796. The molecule has 4 nitrogen and oxygen atoms in total. The molecule has 0 aromatic carbocycles. The van der Waals surface area contributed by atoms with Gasteiger partial charge in [-0.05, 0) is 39.9 Å². The minimum Gasteiger partial charge on any atom is -0.339 e. The molecule has 0 bridgehead atoms. The van der Waals surface area contributed by atoms with Gasteiger partial charge in [0.05, 0.1) is 6.04 Å². The Morgan fingerprint density at radius 2 is 2.06 bits per heavy atom. The minimum absolute atomic E-state index is 0.0654. The van der Waals surface area contributed by atoms with Gasteiger partial charge in [0.2, 0.25) is 5.91 Å². The highest BCUT2D eigenvalue weighted by molar-refractivity contribution is 5.84. The Bertz CT molecular complexity index is 297. The van der Waals surface area contributed by atoms with Crippen LogP contribution in [0.2, 0.25) is 0 Å². The van der Waals surface area contributed by atoms with Crippen LogP contribution in [-0.4, -0.2) is 61.0 Å². The van der Waals surface area contributed by atoms with E-state index < -0.39 is 0 Å². The lowest BCUT2D eigenvalue weighted by Gasteiger charge is -2.39. The second-order valence-electron chi connectivity index (χ2n) is 5.98. The van der Waals surface area contributed by atoms with Crippen LogP contribution in [0.15, 0.2) is 0 Å². The van der Waals surface area contributed by atoms with Gasteiger partial charge in [-0.25, -0.2) is 0 Å². The Morgan fingerprint density at radius 3 is 2.61 bits per heavy atom. The maximum absolute atomic E-state index is 12.3. The molecule has 1 unspecified atom stereocenters. The van der Waals surface area contributed by atoms with E-state index in [1.54, 1.807) is 0 Å². The van der Waals surface area contributed by atoms with Crippen molar-refractivity contribution in [1.29, 1.82) is 0 Å². The van der Waals surface area contributed by atoms with Crippen molar-refractivity contribution in [3.63, 3.8) is 0 Å². The fourth-order valence-electron chi connectivity index (χ4n) is 3.47. The normalized spacial score (nSPS) is 27.4. The number of nitrogens with one attached hydrogen (secondary N) is 1. The summed E-state index contributed by atoms with van der Waals surface area (Å²) in [5.74, 6) is 0.310. The van der Waals surface area contributed by atoms with Crippen molar-refractivity contribution in [2.24, 2.45) is 0 Å². The fraction of sp³-hybridized carbons (Fsp3) is 0.929. The number of hydrogen-bond acceptors (Lipinski definition) is 3. The van der Waals surface area contributed by atoms with Gasteiger partial charge in [-0.1, -0.05) is 19.8 Å². The van der Waals surface area contributed by atoms with Gasteiger partial charge < -0.3 is 15.1 Å². The molecule has 1 saturated heterocycles. The Morgan fingerprint density at radius 1 is 1.39 bits per heavy atom. The number of carbonyl (C=O) groups excluding carboxylic acids is 1. The molecular formula is C14H27N3O. The Kier molecular flexibility index (Phi) is 4.28. The minimum atomic E-state index is 0.0654. The lowest BCUT2D eigenvalue weighted by atomic mass is 9.95. The number of rotatable bonds is 5.